The summed E-state index contributed by atoms with van der Waals surface area (Å²) < 4.78 is 29.4. The summed E-state index contributed by atoms with van der Waals surface area (Å²) in [5.74, 6) is 0.982. The van der Waals surface area contributed by atoms with Gasteiger partial charge < -0.3 is 20.7 Å². The van der Waals surface area contributed by atoms with Crippen LogP contribution in [-0.4, -0.2) is 67.5 Å². The second-order valence-electron chi connectivity index (χ2n) is 7.61. The molecule has 0 amide bonds. The average molecular weight is 413 g/mol. The van der Waals surface area contributed by atoms with Crippen LogP contribution in [0.25, 0.3) is 0 Å². The number of alkyl halides is 2. The molecular weight excluding hydrogens is 378 g/mol. The van der Waals surface area contributed by atoms with Gasteiger partial charge in [-0.05, 0) is 63.6 Å². The number of unbranched alkanes of at least 4 members (excludes halogenated alkanes) is 1. The van der Waals surface area contributed by atoms with Crippen molar-refractivity contribution in [3.8, 4) is 0 Å². The molecule has 1 aliphatic rings. The third kappa shape index (κ3) is 9.14. The Morgan fingerprint density at radius 3 is 2.90 bits per heavy atom. The number of ether oxygens (including phenoxy) is 1. The lowest BCUT2D eigenvalue weighted by Crippen LogP contribution is -2.36. The molecule has 164 valence electrons. The van der Waals surface area contributed by atoms with Crippen LogP contribution in [0.4, 0.5) is 14.6 Å². The Hall–Kier alpha value is -1.64. The molecule has 0 saturated heterocycles. The maximum atomic E-state index is 12.2. The van der Waals surface area contributed by atoms with Crippen LogP contribution in [0.15, 0.2) is 12.1 Å². The van der Waals surface area contributed by atoms with E-state index in [-0.39, 0.29) is 12.4 Å². The van der Waals surface area contributed by atoms with E-state index >= 15 is 0 Å². The first-order valence-corrected chi connectivity index (χ1v) is 10.5. The monoisotopic (exact) mass is 412 g/mol. The average Bonchev–Trinajstić information content (AvgIpc) is 2.71. The van der Waals surface area contributed by atoms with Crippen molar-refractivity contribution in [2.24, 2.45) is 5.73 Å². The first-order valence-electron chi connectivity index (χ1n) is 10.5. The van der Waals surface area contributed by atoms with Gasteiger partial charge in [-0.2, -0.15) is 0 Å². The number of aryl methyl sites for hydroxylation is 2. The highest BCUT2D eigenvalue weighted by Crippen LogP contribution is 2.20. The van der Waals surface area contributed by atoms with Gasteiger partial charge in [-0.15, -0.1) is 0 Å². The molecule has 0 unspecified atom stereocenters. The Kier molecular flexibility index (Phi) is 10.5. The van der Waals surface area contributed by atoms with Crippen molar-refractivity contribution in [1.82, 2.24) is 9.88 Å². The Labute approximate surface area is 172 Å². The summed E-state index contributed by atoms with van der Waals surface area (Å²) in [5.41, 5.74) is 8.20. The minimum atomic E-state index is -2.45. The lowest BCUT2D eigenvalue weighted by Gasteiger charge is -2.23. The van der Waals surface area contributed by atoms with Gasteiger partial charge >= 0.3 is 0 Å². The van der Waals surface area contributed by atoms with E-state index in [0.29, 0.717) is 19.5 Å². The van der Waals surface area contributed by atoms with Gasteiger partial charge in [0, 0.05) is 25.3 Å². The molecule has 8 heteroatoms. The van der Waals surface area contributed by atoms with Crippen LogP contribution in [0.5, 0.6) is 0 Å². The molecular formula is C21H34F2N4O2. The number of carbonyl (C=O) groups excluding carboxylic acids is 1. The van der Waals surface area contributed by atoms with E-state index in [9.17, 15) is 13.6 Å². The number of nitrogens with zero attached hydrogens (tertiary/aromatic N) is 2. The summed E-state index contributed by atoms with van der Waals surface area (Å²) in [6, 6.07) is 3.79. The minimum Gasteiger partial charge on any atom is -0.374 e. The number of ketones is 1. The second kappa shape index (κ2) is 12.8. The summed E-state index contributed by atoms with van der Waals surface area (Å²) in [6.07, 6.45) is 3.18. The van der Waals surface area contributed by atoms with Crippen molar-refractivity contribution >= 4 is 11.6 Å². The SMILES string of the molecule is CC(=O)[C@@H](N)CCN(CCCCc1ccc2c(n1)NCCC2)CCOCC(F)F. The third-order valence-corrected chi connectivity index (χ3v) is 5.18. The number of nitrogens with two attached hydrogens (primary N) is 1. The number of rotatable bonds is 14. The molecule has 0 radical (unpaired) electrons. The van der Waals surface area contributed by atoms with Crippen molar-refractivity contribution in [2.75, 3.05) is 44.7 Å². The van der Waals surface area contributed by atoms with E-state index in [4.69, 9.17) is 15.5 Å². The first kappa shape index (κ1) is 23.6. The van der Waals surface area contributed by atoms with Crippen molar-refractivity contribution in [1.29, 1.82) is 0 Å². The fraction of sp³-hybridized carbons (Fsp3) is 0.714. The molecule has 6 nitrogen and oxygen atoms in total. The van der Waals surface area contributed by atoms with Gasteiger partial charge in [0.15, 0.2) is 0 Å². The van der Waals surface area contributed by atoms with Gasteiger partial charge in [-0.3, -0.25) is 4.79 Å². The van der Waals surface area contributed by atoms with Crippen LogP contribution in [0.3, 0.4) is 0 Å². The predicted octanol–water partition coefficient (Wildman–Crippen LogP) is 2.65. The zero-order chi connectivity index (χ0) is 21.1. The van der Waals surface area contributed by atoms with Gasteiger partial charge in [-0.1, -0.05) is 6.07 Å². The number of halogens is 2. The van der Waals surface area contributed by atoms with Crippen LogP contribution in [-0.2, 0) is 22.4 Å². The fourth-order valence-electron chi connectivity index (χ4n) is 3.38. The summed E-state index contributed by atoms with van der Waals surface area (Å²) >= 11 is 0. The predicted molar refractivity (Wildman–Crippen MR) is 111 cm³/mol. The molecule has 0 spiro atoms. The number of hydrogen-bond donors (Lipinski definition) is 2. The van der Waals surface area contributed by atoms with Crippen LogP contribution in [0, 0.1) is 0 Å². The maximum absolute atomic E-state index is 12.2. The summed E-state index contributed by atoms with van der Waals surface area (Å²) in [6.45, 7) is 4.19. The van der Waals surface area contributed by atoms with E-state index < -0.39 is 19.1 Å². The van der Waals surface area contributed by atoms with E-state index in [0.717, 1.165) is 56.7 Å². The van der Waals surface area contributed by atoms with Crippen LogP contribution in [0.1, 0.15) is 43.9 Å². The summed E-state index contributed by atoms with van der Waals surface area (Å²) in [4.78, 5) is 18.2. The summed E-state index contributed by atoms with van der Waals surface area (Å²) in [5, 5.41) is 3.36. The molecule has 1 atom stereocenters. The lowest BCUT2D eigenvalue weighted by atomic mass is 10.1. The second-order valence-corrected chi connectivity index (χ2v) is 7.61. The van der Waals surface area contributed by atoms with Gasteiger partial charge in [0.1, 0.15) is 18.2 Å². The Balaban J connectivity index is 1.74. The van der Waals surface area contributed by atoms with Gasteiger partial charge in [0.05, 0.1) is 12.6 Å². The molecule has 0 bridgehead atoms. The Bertz CT molecular complexity index is 631. The zero-order valence-corrected chi connectivity index (χ0v) is 17.3. The molecule has 1 aromatic rings. The van der Waals surface area contributed by atoms with Crippen molar-refractivity contribution in [2.45, 2.75) is 57.9 Å². The Morgan fingerprint density at radius 2 is 2.14 bits per heavy atom. The molecule has 0 saturated carbocycles. The number of hydrogen-bond acceptors (Lipinski definition) is 6. The van der Waals surface area contributed by atoms with Crippen molar-refractivity contribution in [3.05, 3.63) is 23.4 Å². The van der Waals surface area contributed by atoms with Gasteiger partial charge in [0.2, 0.25) is 0 Å². The molecule has 2 heterocycles. The third-order valence-electron chi connectivity index (χ3n) is 5.18. The molecule has 1 aliphatic heterocycles. The normalized spacial score (nSPS) is 14.7. The maximum Gasteiger partial charge on any atom is 0.261 e. The fourth-order valence-corrected chi connectivity index (χ4v) is 3.38. The molecule has 0 fully saturated rings. The van der Waals surface area contributed by atoms with Crippen molar-refractivity contribution in [3.63, 3.8) is 0 Å². The number of Topliss-reactive ketones (excluding diaryl/α,β-unsaturated/α-hetero) is 1. The highest BCUT2D eigenvalue weighted by Gasteiger charge is 2.13. The van der Waals surface area contributed by atoms with E-state index in [1.54, 1.807) is 0 Å². The molecule has 0 aliphatic carbocycles. The highest BCUT2D eigenvalue weighted by molar-refractivity contribution is 5.81. The number of fused-ring (bicyclic) bond motifs is 1. The van der Waals surface area contributed by atoms with E-state index in [1.807, 2.05) is 0 Å². The standard InChI is InChI=1S/C21H34F2N4O2/c1-16(28)19(24)9-12-27(13-14-29-15-20(22)23)11-3-2-6-18-8-7-17-5-4-10-25-21(17)26-18/h7-8,19-20H,2-6,9-15,24H2,1H3,(H,25,26)/t19-/m0/s1. The molecule has 0 aromatic carbocycles. The number of pyridine rings is 1. The zero-order valence-electron chi connectivity index (χ0n) is 17.3. The number of carbonyl (C=O) groups is 1. The Morgan fingerprint density at radius 1 is 1.31 bits per heavy atom. The van der Waals surface area contributed by atoms with Crippen molar-refractivity contribution < 1.29 is 18.3 Å². The van der Waals surface area contributed by atoms with Crippen LogP contribution >= 0.6 is 0 Å². The number of anilines is 1. The minimum absolute atomic E-state index is 0.0361. The van der Waals surface area contributed by atoms with Gasteiger partial charge in [-0.25, -0.2) is 13.8 Å². The smallest absolute Gasteiger partial charge is 0.261 e. The quantitative estimate of drug-likeness (QED) is 0.457. The molecule has 29 heavy (non-hydrogen) atoms. The summed E-state index contributed by atoms with van der Waals surface area (Å²) in [7, 11) is 0. The first-order chi connectivity index (χ1) is 14.0. The highest BCUT2D eigenvalue weighted by atomic mass is 19.3. The largest absolute Gasteiger partial charge is 0.374 e. The topological polar surface area (TPSA) is 80.5 Å². The van der Waals surface area contributed by atoms with Crippen LogP contribution in [0.2, 0.25) is 0 Å². The number of aromatic nitrogens is 1. The molecule has 2 rings (SSSR count). The van der Waals surface area contributed by atoms with E-state index in [2.05, 4.69) is 22.3 Å². The van der Waals surface area contributed by atoms with E-state index in [1.165, 1.54) is 12.5 Å². The molecule has 3 N–H and O–H groups in total. The van der Waals surface area contributed by atoms with Gasteiger partial charge in [0.25, 0.3) is 6.43 Å². The molecule has 1 aromatic heterocycles. The number of nitrogens with one attached hydrogen (secondary N) is 1. The lowest BCUT2D eigenvalue weighted by molar-refractivity contribution is -0.118. The van der Waals surface area contributed by atoms with Crippen LogP contribution < -0.4 is 11.1 Å².